The molecule has 0 saturated carbocycles. The van der Waals surface area contributed by atoms with E-state index in [4.69, 9.17) is 19.6 Å². The van der Waals surface area contributed by atoms with Gasteiger partial charge in [-0.25, -0.2) is 4.98 Å². The van der Waals surface area contributed by atoms with Crippen molar-refractivity contribution in [2.45, 2.75) is 33.7 Å². The second-order valence-corrected chi connectivity index (χ2v) is 7.53. The maximum absolute atomic E-state index is 5.46. The van der Waals surface area contributed by atoms with E-state index in [-0.39, 0.29) is 0 Å². The zero-order valence-corrected chi connectivity index (χ0v) is 18.7. The fraction of sp³-hybridized carbons (Fsp3) is 0.280. The molecule has 2 heterocycles. The molecule has 4 rings (SSSR count). The summed E-state index contributed by atoms with van der Waals surface area (Å²) in [4.78, 5) is 4.81. The molecule has 0 atom stereocenters. The maximum atomic E-state index is 5.46. The Kier molecular flexibility index (Phi) is 5.80. The van der Waals surface area contributed by atoms with Crippen LogP contribution >= 0.6 is 0 Å². The van der Waals surface area contributed by atoms with Gasteiger partial charge in [-0.2, -0.15) is 9.61 Å². The summed E-state index contributed by atoms with van der Waals surface area (Å²) in [6, 6.07) is 16.2. The van der Waals surface area contributed by atoms with Crippen LogP contribution in [0, 0.1) is 13.8 Å². The third-order valence-electron chi connectivity index (χ3n) is 5.65. The molecule has 0 aliphatic carbocycles. The summed E-state index contributed by atoms with van der Waals surface area (Å²) in [5.41, 5.74) is 7.31. The highest BCUT2D eigenvalue weighted by Gasteiger charge is 2.16. The van der Waals surface area contributed by atoms with E-state index in [1.165, 1.54) is 16.7 Å². The van der Waals surface area contributed by atoms with E-state index in [0.717, 1.165) is 41.4 Å². The zero-order valence-electron chi connectivity index (χ0n) is 18.7. The quantitative estimate of drug-likeness (QED) is 0.448. The Morgan fingerprint density at radius 1 is 0.968 bits per heavy atom. The van der Waals surface area contributed by atoms with E-state index in [2.05, 4.69) is 50.4 Å². The Hall–Kier alpha value is -3.54. The van der Waals surface area contributed by atoms with Gasteiger partial charge in [0.25, 0.3) is 0 Å². The van der Waals surface area contributed by atoms with Gasteiger partial charge in [0.05, 0.1) is 19.9 Å². The lowest BCUT2D eigenvalue weighted by Crippen LogP contribution is -2.11. The van der Waals surface area contributed by atoms with Gasteiger partial charge in [0.1, 0.15) is 5.82 Å². The van der Waals surface area contributed by atoms with E-state index in [0.29, 0.717) is 11.5 Å². The van der Waals surface area contributed by atoms with Crippen molar-refractivity contribution < 1.29 is 9.47 Å². The monoisotopic (exact) mass is 416 g/mol. The van der Waals surface area contributed by atoms with E-state index in [1.54, 1.807) is 14.2 Å². The van der Waals surface area contributed by atoms with Gasteiger partial charge in [0.2, 0.25) is 0 Å². The van der Waals surface area contributed by atoms with Crippen LogP contribution in [-0.4, -0.2) is 28.8 Å². The normalized spacial score (nSPS) is 11.0. The molecule has 0 spiro atoms. The second kappa shape index (κ2) is 8.68. The summed E-state index contributed by atoms with van der Waals surface area (Å²) in [6.45, 7) is 7.06. The van der Waals surface area contributed by atoms with Crippen molar-refractivity contribution >= 4 is 11.5 Å². The molecule has 160 valence electrons. The van der Waals surface area contributed by atoms with Crippen LogP contribution in [0.3, 0.4) is 0 Å². The van der Waals surface area contributed by atoms with Gasteiger partial charge in [-0.3, -0.25) is 0 Å². The fourth-order valence-corrected chi connectivity index (χ4v) is 3.88. The summed E-state index contributed by atoms with van der Waals surface area (Å²) in [7, 11) is 3.27. The van der Waals surface area contributed by atoms with Crippen molar-refractivity contribution in [3.05, 3.63) is 70.9 Å². The average molecular weight is 417 g/mol. The Morgan fingerprint density at radius 2 is 1.74 bits per heavy atom. The number of rotatable bonds is 7. The molecule has 6 nitrogen and oxygen atoms in total. The van der Waals surface area contributed by atoms with E-state index >= 15 is 0 Å². The third-order valence-corrected chi connectivity index (χ3v) is 5.65. The second-order valence-electron chi connectivity index (χ2n) is 7.53. The number of nitrogens with zero attached hydrogens (tertiary/aromatic N) is 3. The number of nitrogens with one attached hydrogen (secondary N) is 1. The minimum Gasteiger partial charge on any atom is -0.493 e. The molecule has 0 radical (unpaired) electrons. The van der Waals surface area contributed by atoms with Gasteiger partial charge < -0.3 is 14.8 Å². The predicted octanol–water partition coefficient (Wildman–Crippen LogP) is 5.20. The number of aryl methyl sites for hydroxylation is 2. The molecule has 0 saturated heterocycles. The Bertz CT molecular complexity index is 1230. The number of methoxy groups -OCH3 is 2. The lowest BCUT2D eigenvalue weighted by molar-refractivity contribution is 0.355. The van der Waals surface area contributed by atoms with Gasteiger partial charge in [-0.15, -0.1) is 0 Å². The number of ether oxygens (including phenoxy) is 2. The number of aromatic nitrogens is 3. The number of hydrogen-bond acceptors (Lipinski definition) is 5. The summed E-state index contributed by atoms with van der Waals surface area (Å²) in [5.74, 6) is 2.35. The van der Waals surface area contributed by atoms with Crippen LogP contribution in [0.2, 0.25) is 0 Å². The SMILES string of the molecule is CCc1c(C)nc2cc(-c3ccc(OC)c(OC)c3)nn2c1NCc1ccccc1C. The molecule has 0 bridgehead atoms. The molecule has 0 unspecified atom stereocenters. The van der Waals surface area contributed by atoms with Gasteiger partial charge in [-0.05, 0) is 49.6 Å². The molecule has 0 fully saturated rings. The standard InChI is InChI=1S/C25H28N4O2/c1-6-20-17(3)27-24-14-21(18-11-12-22(30-4)23(13-18)31-5)28-29(24)25(20)26-15-19-10-8-7-9-16(19)2/h7-14,26H,6,15H2,1-5H3. The highest BCUT2D eigenvalue weighted by atomic mass is 16.5. The first kappa shape index (κ1) is 20.7. The molecule has 6 heteroatoms. The first-order valence-corrected chi connectivity index (χ1v) is 10.5. The average Bonchev–Trinajstić information content (AvgIpc) is 3.21. The van der Waals surface area contributed by atoms with Crippen LogP contribution in [-0.2, 0) is 13.0 Å². The highest BCUT2D eigenvalue weighted by molar-refractivity contribution is 5.69. The molecule has 4 aromatic rings. The van der Waals surface area contributed by atoms with Crippen LogP contribution in [0.5, 0.6) is 11.5 Å². The lowest BCUT2D eigenvalue weighted by Gasteiger charge is -2.15. The molecule has 0 aliphatic heterocycles. The van der Waals surface area contributed by atoms with Crippen molar-refractivity contribution in [3.63, 3.8) is 0 Å². The fourth-order valence-electron chi connectivity index (χ4n) is 3.88. The number of hydrogen-bond donors (Lipinski definition) is 1. The number of benzene rings is 2. The van der Waals surface area contributed by atoms with Crippen LogP contribution in [0.4, 0.5) is 5.82 Å². The lowest BCUT2D eigenvalue weighted by atomic mass is 10.1. The Labute approximate surface area is 182 Å². The van der Waals surface area contributed by atoms with Crippen LogP contribution in [0.15, 0.2) is 48.5 Å². The molecule has 2 aromatic carbocycles. The molecule has 2 aromatic heterocycles. The molecule has 0 amide bonds. The smallest absolute Gasteiger partial charge is 0.161 e. The summed E-state index contributed by atoms with van der Waals surface area (Å²) >= 11 is 0. The molecule has 31 heavy (non-hydrogen) atoms. The van der Waals surface area contributed by atoms with E-state index in [9.17, 15) is 0 Å². The minimum absolute atomic E-state index is 0.674. The van der Waals surface area contributed by atoms with Gasteiger partial charge >= 0.3 is 0 Å². The summed E-state index contributed by atoms with van der Waals surface area (Å²) < 4.78 is 12.7. The van der Waals surface area contributed by atoms with Crippen LogP contribution in [0.25, 0.3) is 16.9 Å². The predicted molar refractivity (Wildman–Crippen MR) is 124 cm³/mol. The maximum Gasteiger partial charge on any atom is 0.161 e. The molecular formula is C25H28N4O2. The minimum atomic E-state index is 0.674. The van der Waals surface area contributed by atoms with Gasteiger partial charge in [0, 0.05) is 29.4 Å². The number of fused-ring (bicyclic) bond motifs is 1. The van der Waals surface area contributed by atoms with Crippen LogP contribution in [0.1, 0.15) is 29.3 Å². The summed E-state index contributed by atoms with van der Waals surface area (Å²) in [6.07, 6.45) is 0.871. The van der Waals surface area contributed by atoms with Gasteiger partial charge in [-0.1, -0.05) is 31.2 Å². The summed E-state index contributed by atoms with van der Waals surface area (Å²) in [5, 5.41) is 8.52. The van der Waals surface area contributed by atoms with Crippen molar-refractivity contribution in [3.8, 4) is 22.8 Å². The topological polar surface area (TPSA) is 60.7 Å². The number of anilines is 1. The third kappa shape index (κ3) is 3.93. The molecular weight excluding hydrogens is 388 g/mol. The van der Waals surface area contributed by atoms with Crippen molar-refractivity contribution in [1.82, 2.24) is 14.6 Å². The zero-order chi connectivity index (χ0) is 22.0. The van der Waals surface area contributed by atoms with Crippen LogP contribution < -0.4 is 14.8 Å². The van der Waals surface area contributed by atoms with E-state index < -0.39 is 0 Å². The Balaban J connectivity index is 1.78. The van der Waals surface area contributed by atoms with Gasteiger partial charge in [0.15, 0.2) is 17.1 Å². The van der Waals surface area contributed by atoms with Crippen molar-refractivity contribution in [2.24, 2.45) is 0 Å². The first-order chi connectivity index (χ1) is 15.0. The largest absolute Gasteiger partial charge is 0.493 e. The first-order valence-electron chi connectivity index (χ1n) is 10.5. The van der Waals surface area contributed by atoms with Crippen molar-refractivity contribution in [2.75, 3.05) is 19.5 Å². The Morgan fingerprint density at radius 3 is 2.45 bits per heavy atom. The van der Waals surface area contributed by atoms with E-state index in [1.807, 2.05) is 28.8 Å². The highest BCUT2D eigenvalue weighted by Crippen LogP contribution is 2.33. The van der Waals surface area contributed by atoms with Crippen molar-refractivity contribution in [1.29, 1.82) is 0 Å². The molecule has 0 aliphatic rings. The molecule has 1 N–H and O–H groups in total.